The topological polar surface area (TPSA) is 37.3 Å². The zero-order chi connectivity index (χ0) is 10.7. The van der Waals surface area contributed by atoms with E-state index in [2.05, 4.69) is 6.58 Å². The van der Waals surface area contributed by atoms with Gasteiger partial charge in [0, 0.05) is 0 Å². The van der Waals surface area contributed by atoms with Gasteiger partial charge in [-0.15, -0.1) is 0 Å². The number of halogens is 1. The molecular weight excluding hydrogens is 200 g/mol. The van der Waals surface area contributed by atoms with Crippen LogP contribution in [0.25, 0.3) is 6.08 Å². The first-order valence-electron chi connectivity index (χ1n) is 4.28. The fourth-order valence-corrected chi connectivity index (χ4v) is 1.72. The van der Waals surface area contributed by atoms with Gasteiger partial charge in [-0.05, 0) is 23.6 Å². The molecule has 14 heavy (non-hydrogen) atoms. The van der Waals surface area contributed by atoms with Gasteiger partial charge in [0.15, 0.2) is 0 Å². The fraction of sp³-hybridized carbons (Fsp3) is 0.182. The van der Waals surface area contributed by atoms with Gasteiger partial charge in [-0.2, -0.15) is 0 Å². The molecule has 0 aliphatic carbocycles. The van der Waals surface area contributed by atoms with Crippen molar-refractivity contribution in [2.45, 2.75) is 13.3 Å². The van der Waals surface area contributed by atoms with Crippen molar-refractivity contribution in [1.82, 2.24) is 0 Å². The Morgan fingerprint density at radius 1 is 1.64 bits per heavy atom. The molecule has 0 heterocycles. The number of hydrogen-bond acceptors (Lipinski definition) is 1. The lowest BCUT2D eigenvalue weighted by atomic mass is 10.0. The molecule has 2 nitrogen and oxygen atoms in total. The minimum Gasteiger partial charge on any atom is -0.478 e. The number of carboxylic acid groups (broad SMARTS) is 1. The first-order valence-corrected chi connectivity index (χ1v) is 4.66. The van der Waals surface area contributed by atoms with Crippen LogP contribution in [0.1, 0.15) is 28.4 Å². The first kappa shape index (κ1) is 10.8. The van der Waals surface area contributed by atoms with E-state index in [1.165, 1.54) is 0 Å². The van der Waals surface area contributed by atoms with Crippen molar-refractivity contribution in [3.05, 3.63) is 40.4 Å². The Balaban J connectivity index is 3.43. The molecule has 0 unspecified atom stereocenters. The number of hydrogen-bond donors (Lipinski definition) is 1. The summed E-state index contributed by atoms with van der Waals surface area (Å²) in [6.07, 6.45) is 2.22. The Bertz CT molecular complexity index is 383. The molecule has 0 atom stereocenters. The molecule has 74 valence electrons. The summed E-state index contributed by atoms with van der Waals surface area (Å²) in [5, 5.41) is 9.39. The molecule has 0 fully saturated rings. The summed E-state index contributed by atoms with van der Waals surface area (Å²) in [7, 11) is 0. The standard InChI is InChI=1S/C11H11ClO2/c1-3-7-5-6-9(11(13)14)8(4-2)10(7)12/h3,5-6H,1,4H2,2H3,(H,13,14). The lowest BCUT2D eigenvalue weighted by Gasteiger charge is -2.08. The molecular formula is C11H11ClO2. The maximum absolute atomic E-state index is 10.8. The van der Waals surface area contributed by atoms with E-state index in [4.69, 9.17) is 16.7 Å². The highest BCUT2D eigenvalue weighted by molar-refractivity contribution is 6.33. The van der Waals surface area contributed by atoms with E-state index in [-0.39, 0.29) is 5.56 Å². The first-order chi connectivity index (χ1) is 6.61. The van der Waals surface area contributed by atoms with Gasteiger partial charge in [-0.3, -0.25) is 0 Å². The minimum atomic E-state index is -0.945. The Morgan fingerprint density at radius 3 is 2.71 bits per heavy atom. The zero-order valence-electron chi connectivity index (χ0n) is 7.88. The number of benzene rings is 1. The van der Waals surface area contributed by atoms with Crippen molar-refractivity contribution < 1.29 is 9.90 Å². The Morgan fingerprint density at radius 2 is 2.29 bits per heavy atom. The molecule has 0 saturated heterocycles. The maximum Gasteiger partial charge on any atom is 0.336 e. The van der Waals surface area contributed by atoms with Crippen molar-refractivity contribution in [1.29, 1.82) is 0 Å². The normalized spacial score (nSPS) is 9.86. The van der Waals surface area contributed by atoms with E-state index in [0.717, 1.165) is 5.56 Å². The van der Waals surface area contributed by atoms with E-state index in [1.807, 2.05) is 6.92 Å². The summed E-state index contributed by atoms with van der Waals surface area (Å²) in [5.41, 5.74) is 1.70. The Kier molecular flexibility index (Phi) is 3.31. The highest BCUT2D eigenvalue weighted by Crippen LogP contribution is 2.26. The van der Waals surface area contributed by atoms with Crippen LogP contribution >= 0.6 is 11.6 Å². The van der Waals surface area contributed by atoms with E-state index < -0.39 is 5.97 Å². The van der Waals surface area contributed by atoms with E-state index in [1.54, 1.807) is 18.2 Å². The highest BCUT2D eigenvalue weighted by Gasteiger charge is 2.13. The number of aromatic carboxylic acids is 1. The zero-order valence-corrected chi connectivity index (χ0v) is 8.64. The third-order valence-corrected chi connectivity index (χ3v) is 2.52. The second-order valence-electron chi connectivity index (χ2n) is 2.86. The molecule has 1 aromatic rings. The van der Waals surface area contributed by atoms with Gasteiger partial charge in [-0.25, -0.2) is 4.79 Å². The second kappa shape index (κ2) is 4.29. The molecule has 0 amide bonds. The van der Waals surface area contributed by atoms with Crippen molar-refractivity contribution in [3.63, 3.8) is 0 Å². The smallest absolute Gasteiger partial charge is 0.336 e. The average Bonchev–Trinajstić information content (AvgIpc) is 2.17. The SMILES string of the molecule is C=Cc1ccc(C(=O)O)c(CC)c1Cl. The van der Waals surface area contributed by atoms with Gasteiger partial charge in [0.05, 0.1) is 10.6 Å². The maximum atomic E-state index is 10.8. The van der Waals surface area contributed by atoms with Crippen molar-refractivity contribution >= 4 is 23.6 Å². The summed E-state index contributed by atoms with van der Waals surface area (Å²) >= 11 is 6.02. The van der Waals surface area contributed by atoms with Crippen molar-refractivity contribution in [3.8, 4) is 0 Å². The predicted octanol–water partition coefficient (Wildman–Crippen LogP) is 3.24. The molecule has 0 radical (unpaired) electrons. The van der Waals surface area contributed by atoms with Crippen LogP contribution in [-0.4, -0.2) is 11.1 Å². The molecule has 0 spiro atoms. The quantitative estimate of drug-likeness (QED) is 0.832. The van der Waals surface area contributed by atoms with Gasteiger partial charge >= 0.3 is 5.97 Å². The summed E-state index contributed by atoms with van der Waals surface area (Å²) in [4.78, 5) is 10.8. The molecule has 1 N–H and O–H groups in total. The van der Waals surface area contributed by atoms with Crippen LogP contribution < -0.4 is 0 Å². The monoisotopic (exact) mass is 210 g/mol. The molecule has 0 aromatic heterocycles. The Labute approximate surface area is 87.8 Å². The number of carboxylic acids is 1. The molecule has 3 heteroatoms. The van der Waals surface area contributed by atoms with Crippen LogP contribution in [0.15, 0.2) is 18.7 Å². The Hall–Kier alpha value is -1.28. The summed E-state index contributed by atoms with van der Waals surface area (Å²) < 4.78 is 0. The van der Waals surface area contributed by atoms with E-state index in [0.29, 0.717) is 17.0 Å². The van der Waals surface area contributed by atoms with Gasteiger partial charge in [0.2, 0.25) is 0 Å². The minimum absolute atomic E-state index is 0.267. The summed E-state index contributed by atoms with van der Waals surface area (Å²) in [6.45, 7) is 5.49. The second-order valence-corrected chi connectivity index (χ2v) is 3.24. The van der Waals surface area contributed by atoms with Gasteiger partial charge in [0.1, 0.15) is 0 Å². The van der Waals surface area contributed by atoms with Gasteiger partial charge in [0.25, 0.3) is 0 Å². The van der Waals surface area contributed by atoms with Gasteiger partial charge < -0.3 is 5.11 Å². The highest BCUT2D eigenvalue weighted by atomic mass is 35.5. The molecule has 1 aromatic carbocycles. The van der Waals surface area contributed by atoms with Crippen LogP contribution in [0.5, 0.6) is 0 Å². The molecule has 0 aliphatic heterocycles. The van der Waals surface area contributed by atoms with Crippen LogP contribution in [0.2, 0.25) is 5.02 Å². The predicted molar refractivity (Wildman–Crippen MR) is 57.9 cm³/mol. The van der Waals surface area contributed by atoms with E-state index in [9.17, 15) is 4.79 Å². The summed E-state index contributed by atoms with van der Waals surface area (Å²) in [6, 6.07) is 3.22. The third-order valence-electron chi connectivity index (χ3n) is 2.08. The van der Waals surface area contributed by atoms with Gasteiger partial charge in [-0.1, -0.05) is 37.2 Å². The molecule has 0 saturated carbocycles. The number of carbonyl (C=O) groups is 1. The van der Waals surface area contributed by atoms with Crippen molar-refractivity contribution in [2.75, 3.05) is 0 Å². The lowest BCUT2D eigenvalue weighted by Crippen LogP contribution is -2.03. The lowest BCUT2D eigenvalue weighted by molar-refractivity contribution is 0.0696. The average molecular weight is 211 g/mol. The van der Waals surface area contributed by atoms with Crippen LogP contribution in [0, 0.1) is 0 Å². The van der Waals surface area contributed by atoms with E-state index >= 15 is 0 Å². The molecule has 1 rings (SSSR count). The fourth-order valence-electron chi connectivity index (χ4n) is 1.34. The number of rotatable bonds is 3. The molecule has 0 bridgehead atoms. The van der Waals surface area contributed by atoms with Crippen LogP contribution in [0.4, 0.5) is 0 Å². The van der Waals surface area contributed by atoms with Crippen molar-refractivity contribution in [2.24, 2.45) is 0 Å². The largest absolute Gasteiger partial charge is 0.478 e. The molecule has 0 aliphatic rings. The summed E-state index contributed by atoms with van der Waals surface area (Å²) in [5.74, 6) is -0.945. The third kappa shape index (κ3) is 1.80. The van der Waals surface area contributed by atoms with Crippen LogP contribution in [-0.2, 0) is 6.42 Å². The van der Waals surface area contributed by atoms with Crippen LogP contribution in [0.3, 0.4) is 0 Å².